The Bertz CT molecular complexity index is 557. The molecule has 0 radical (unpaired) electrons. The van der Waals surface area contributed by atoms with Crippen molar-refractivity contribution >= 4 is 47.7 Å². The van der Waals surface area contributed by atoms with E-state index in [-0.39, 0.29) is 10.7 Å². The van der Waals surface area contributed by atoms with E-state index in [0.717, 1.165) is 0 Å². The van der Waals surface area contributed by atoms with Crippen LogP contribution in [-0.4, -0.2) is 20.2 Å². The number of nitrogens with one attached hydrogen (secondary N) is 1. The van der Waals surface area contributed by atoms with E-state index in [1.54, 1.807) is 19.1 Å². The number of sulfonamides is 1. The van der Waals surface area contributed by atoms with Crippen LogP contribution in [0.4, 0.5) is 0 Å². The van der Waals surface area contributed by atoms with E-state index < -0.39 is 16.1 Å². The molecule has 4 nitrogen and oxygen atoms in total. The molecule has 0 aliphatic heterocycles. The lowest BCUT2D eigenvalue weighted by molar-refractivity contribution is -0.119. The SMILES string of the molecule is CCC(=O)C(C)NS(=O)(=O)c1cc(Br)ccc1Br. The van der Waals surface area contributed by atoms with Crippen LogP contribution in [0.3, 0.4) is 0 Å². The predicted molar refractivity (Wildman–Crippen MR) is 76.9 cm³/mol. The standard InChI is InChI=1S/C11H13Br2NO3S/c1-3-10(15)7(2)14-18(16,17)11-6-8(12)4-5-9(11)13/h4-7,14H,3H2,1-2H3. The highest BCUT2D eigenvalue weighted by molar-refractivity contribution is 9.11. The van der Waals surface area contributed by atoms with Gasteiger partial charge in [0.25, 0.3) is 0 Å². The summed E-state index contributed by atoms with van der Waals surface area (Å²) in [4.78, 5) is 11.5. The van der Waals surface area contributed by atoms with Gasteiger partial charge in [0.2, 0.25) is 10.0 Å². The quantitative estimate of drug-likeness (QED) is 0.829. The minimum absolute atomic E-state index is 0.104. The fourth-order valence-electron chi connectivity index (χ4n) is 1.35. The Morgan fingerprint density at radius 2 is 2.00 bits per heavy atom. The number of ketones is 1. The van der Waals surface area contributed by atoms with E-state index in [9.17, 15) is 13.2 Å². The van der Waals surface area contributed by atoms with Crippen molar-refractivity contribution in [2.45, 2.75) is 31.2 Å². The summed E-state index contributed by atoms with van der Waals surface area (Å²) in [6, 6.07) is 4.11. The summed E-state index contributed by atoms with van der Waals surface area (Å²) in [5.41, 5.74) is 0. The number of benzene rings is 1. The summed E-state index contributed by atoms with van der Waals surface area (Å²) in [6.45, 7) is 3.23. The summed E-state index contributed by atoms with van der Waals surface area (Å²) in [5.74, 6) is -0.148. The summed E-state index contributed by atoms with van der Waals surface area (Å²) in [5, 5.41) is 0. The van der Waals surface area contributed by atoms with Gasteiger partial charge in [-0.2, -0.15) is 0 Å². The normalized spacial score (nSPS) is 13.3. The van der Waals surface area contributed by atoms with Crippen LogP contribution in [0, 0.1) is 0 Å². The molecule has 0 aromatic heterocycles. The van der Waals surface area contributed by atoms with Gasteiger partial charge >= 0.3 is 0 Å². The highest BCUT2D eigenvalue weighted by Crippen LogP contribution is 2.25. The zero-order chi connectivity index (χ0) is 13.9. The minimum atomic E-state index is -3.72. The molecule has 0 aliphatic carbocycles. The zero-order valence-electron chi connectivity index (χ0n) is 9.91. The van der Waals surface area contributed by atoms with Crippen LogP contribution >= 0.6 is 31.9 Å². The first kappa shape index (κ1) is 15.8. The van der Waals surface area contributed by atoms with Crippen molar-refractivity contribution in [3.63, 3.8) is 0 Å². The lowest BCUT2D eigenvalue weighted by Gasteiger charge is -2.13. The van der Waals surface area contributed by atoms with Crippen LogP contribution in [0.2, 0.25) is 0 Å². The third kappa shape index (κ3) is 3.88. The topological polar surface area (TPSA) is 63.2 Å². The average molecular weight is 399 g/mol. The molecule has 1 atom stereocenters. The van der Waals surface area contributed by atoms with Crippen molar-refractivity contribution in [2.24, 2.45) is 0 Å². The molecule has 1 aromatic rings. The Hall–Kier alpha value is -0.240. The van der Waals surface area contributed by atoms with E-state index in [2.05, 4.69) is 36.6 Å². The molecule has 18 heavy (non-hydrogen) atoms. The van der Waals surface area contributed by atoms with Gasteiger partial charge < -0.3 is 0 Å². The van der Waals surface area contributed by atoms with Crippen LogP contribution < -0.4 is 4.72 Å². The molecule has 1 N–H and O–H groups in total. The molecule has 0 amide bonds. The Morgan fingerprint density at radius 3 is 2.56 bits per heavy atom. The van der Waals surface area contributed by atoms with Crippen LogP contribution in [0.1, 0.15) is 20.3 Å². The molecule has 0 saturated carbocycles. The molecule has 1 unspecified atom stereocenters. The van der Waals surface area contributed by atoms with Gasteiger partial charge in [0.1, 0.15) is 5.78 Å². The summed E-state index contributed by atoms with van der Waals surface area (Å²) in [7, 11) is -3.72. The molecule has 1 rings (SSSR count). The molecule has 100 valence electrons. The van der Waals surface area contributed by atoms with E-state index in [4.69, 9.17) is 0 Å². The smallest absolute Gasteiger partial charge is 0.242 e. The number of hydrogen-bond donors (Lipinski definition) is 1. The number of hydrogen-bond acceptors (Lipinski definition) is 3. The van der Waals surface area contributed by atoms with Gasteiger partial charge in [0, 0.05) is 15.4 Å². The lowest BCUT2D eigenvalue weighted by Crippen LogP contribution is -2.38. The van der Waals surface area contributed by atoms with Crippen molar-refractivity contribution < 1.29 is 13.2 Å². The number of rotatable bonds is 5. The number of Topliss-reactive ketones (excluding diaryl/α,β-unsaturated/α-hetero) is 1. The van der Waals surface area contributed by atoms with Gasteiger partial charge in [-0.05, 0) is 41.1 Å². The third-order valence-electron chi connectivity index (χ3n) is 2.35. The largest absolute Gasteiger partial charge is 0.298 e. The van der Waals surface area contributed by atoms with Crippen LogP contribution in [-0.2, 0) is 14.8 Å². The summed E-state index contributed by atoms with van der Waals surface area (Å²) < 4.78 is 27.7. The van der Waals surface area contributed by atoms with Crippen LogP contribution in [0.25, 0.3) is 0 Å². The molecule has 0 aliphatic rings. The van der Waals surface area contributed by atoms with Crippen LogP contribution in [0.15, 0.2) is 32.0 Å². The van der Waals surface area contributed by atoms with Gasteiger partial charge in [0.05, 0.1) is 10.9 Å². The molecular formula is C11H13Br2NO3S. The first-order chi connectivity index (χ1) is 8.27. The maximum atomic E-state index is 12.1. The van der Waals surface area contributed by atoms with Crippen molar-refractivity contribution in [3.05, 3.63) is 27.1 Å². The molecule has 7 heteroatoms. The van der Waals surface area contributed by atoms with Crippen molar-refractivity contribution in [1.82, 2.24) is 4.72 Å². The van der Waals surface area contributed by atoms with E-state index >= 15 is 0 Å². The second kappa shape index (κ2) is 6.27. The van der Waals surface area contributed by atoms with E-state index in [1.807, 2.05) is 0 Å². The second-order valence-electron chi connectivity index (χ2n) is 3.74. The highest BCUT2D eigenvalue weighted by Gasteiger charge is 2.23. The minimum Gasteiger partial charge on any atom is -0.298 e. The molecule has 0 fully saturated rings. The Balaban J connectivity index is 3.07. The summed E-state index contributed by atoms with van der Waals surface area (Å²) >= 11 is 6.40. The molecule has 0 heterocycles. The second-order valence-corrected chi connectivity index (χ2v) is 7.19. The Morgan fingerprint density at radius 1 is 1.39 bits per heavy atom. The van der Waals surface area contributed by atoms with Gasteiger partial charge in [-0.3, -0.25) is 4.79 Å². The first-order valence-corrected chi connectivity index (χ1v) is 8.35. The number of carbonyl (C=O) groups excluding carboxylic acids is 1. The van der Waals surface area contributed by atoms with Crippen molar-refractivity contribution in [1.29, 1.82) is 0 Å². The average Bonchev–Trinajstić information content (AvgIpc) is 2.30. The molecule has 0 bridgehead atoms. The Kier molecular flexibility index (Phi) is 5.51. The predicted octanol–water partition coefficient (Wildman–Crippen LogP) is 2.86. The fourth-order valence-corrected chi connectivity index (χ4v) is 4.08. The zero-order valence-corrected chi connectivity index (χ0v) is 13.9. The van der Waals surface area contributed by atoms with Gasteiger partial charge in [-0.15, -0.1) is 0 Å². The molecule has 1 aromatic carbocycles. The summed E-state index contributed by atoms with van der Waals surface area (Å²) in [6.07, 6.45) is 0.295. The third-order valence-corrected chi connectivity index (χ3v) is 5.37. The van der Waals surface area contributed by atoms with Crippen LogP contribution in [0.5, 0.6) is 0 Å². The first-order valence-electron chi connectivity index (χ1n) is 5.28. The van der Waals surface area contributed by atoms with Gasteiger partial charge in [0.15, 0.2) is 0 Å². The monoisotopic (exact) mass is 397 g/mol. The highest BCUT2D eigenvalue weighted by atomic mass is 79.9. The van der Waals surface area contributed by atoms with Crippen molar-refractivity contribution in [2.75, 3.05) is 0 Å². The van der Waals surface area contributed by atoms with Crippen molar-refractivity contribution in [3.8, 4) is 0 Å². The van der Waals surface area contributed by atoms with E-state index in [1.165, 1.54) is 13.0 Å². The van der Waals surface area contributed by atoms with E-state index in [0.29, 0.717) is 15.4 Å². The van der Waals surface area contributed by atoms with Gasteiger partial charge in [-0.25, -0.2) is 13.1 Å². The molecule has 0 spiro atoms. The molecular weight excluding hydrogens is 386 g/mol. The maximum absolute atomic E-state index is 12.1. The lowest BCUT2D eigenvalue weighted by atomic mass is 10.2. The maximum Gasteiger partial charge on any atom is 0.242 e. The number of halogens is 2. The molecule has 0 saturated heterocycles. The van der Waals surface area contributed by atoms with Gasteiger partial charge in [-0.1, -0.05) is 22.9 Å². The number of carbonyl (C=O) groups is 1. The fraction of sp³-hybridized carbons (Fsp3) is 0.364. The Labute approximate surface area is 123 Å².